The van der Waals surface area contributed by atoms with E-state index in [1.54, 1.807) is 30.5 Å². The molecule has 0 aliphatic rings. The summed E-state index contributed by atoms with van der Waals surface area (Å²) in [5.41, 5.74) is 1.11. The molecule has 2 aromatic heterocycles. The van der Waals surface area contributed by atoms with E-state index in [0.717, 1.165) is 44.1 Å². The number of unbranched alkanes of at least 4 members (excludes halogenated alkanes) is 4. The predicted molar refractivity (Wildman–Crippen MR) is 143 cm³/mol. The van der Waals surface area contributed by atoms with Crippen LogP contribution in [0.2, 0.25) is 0 Å². The highest BCUT2D eigenvalue weighted by atomic mass is 16.5. The Kier molecular flexibility index (Phi) is 9.38. The molecule has 196 valence electrons. The molecule has 9 nitrogen and oxygen atoms in total. The molecule has 0 aliphatic carbocycles. The topological polar surface area (TPSA) is 89.5 Å². The van der Waals surface area contributed by atoms with Crippen LogP contribution in [0.4, 0.5) is 0 Å². The van der Waals surface area contributed by atoms with Gasteiger partial charge >= 0.3 is 5.69 Å². The van der Waals surface area contributed by atoms with Crippen molar-refractivity contribution in [1.82, 2.24) is 18.7 Å². The number of rotatable bonds is 13. The van der Waals surface area contributed by atoms with Gasteiger partial charge in [-0.1, -0.05) is 45.6 Å². The van der Waals surface area contributed by atoms with Gasteiger partial charge in [-0.2, -0.15) is 0 Å². The Hall–Kier alpha value is -3.49. The first-order valence-electron chi connectivity index (χ1n) is 12.6. The van der Waals surface area contributed by atoms with Crippen LogP contribution >= 0.6 is 0 Å². The second kappa shape index (κ2) is 12.5. The molecule has 0 radical (unpaired) electrons. The van der Waals surface area contributed by atoms with Crippen LogP contribution in [0.1, 0.15) is 63.8 Å². The first-order valence-corrected chi connectivity index (χ1v) is 12.6. The van der Waals surface area contributed by atoms with Crippen LogP contribution in [-0.2, 0) is 20.1 Å². The zero-order valence-electron chi connectivity index (χ0n) is 22.3. The maximum Gasteiger partial charge on any atom is 0.332 e. The monoisotopic (exact) mass is 498 g/mol. The third-order valence-corrected chi connectivity index (χ3v) is 6.36. The zero-order chi connectivity index (χ0) is 26.2. The van der Waals surface area contributed by atoms with E-state index in [1.807, 2.05) is 31.3 Å². The van der Waals surface area contributed by atoms with E-state index >= 15 is 0 Å². The highest BCUT2D eigenvalue weighted by Crippen LogP contribution is 2.38. The van der Waals surface area contributed by atoms with E-state index in [4.69, 9.17) is 19.2 Å². The lowest BCUT2D eigenvalue weighted by atomic mass is 10.1. The summed E-state index contributed by atoms with van der Waals surface area (Å²) in [6, 6.07) is 3.67. The van der Waals surface area contributed by atoms with Gasteiger partial charge in [0.25, 0.3) is 5.56 Å². The molecule has 0 aliphatic heterocycles. The Morgan fingerprint density at radius 2 is 1.42 bits per heavy atom. The summed E-state index contributed by atoms with van der Waals surface area (Å²) < 4.78 is 21.1. The number of hydrogen-bond donors (Lipinski definition) is 0. The molecule has 0 fully saturated rings. The van der Waals surface area contributed by atoms with Gasteiger partial charge in [0.05, 0.1) is 21.3 Å². The first kappa shape index (κ1) is 27.1. The Bertz CT molecular complexity index is 1310. The zero-order valence-corrected chi connectivity index (χ0v) is 22.3. The van der Waals surface area contributed by atoms with Crippen LogP contribution in [0.3, 0.4) is 0 Å². The number of fused-ring (bicyclic) bond motifs is 1. The lowest BCUT2D eigenvalue weighted by Gasteiger charge is -2.12. The fraction of sp³-hybridized carbons (Fsp3) is 0.519. The molecule has 0 atom stereocenters. The summed E-state index contributed by atoms with van der Waals surface area (Å²) in [4.78, 5) is 31.4. The Labute approximate surface area is 211 Å². The van der Waals surface area contributed by atoms with Crippen LogP contribution in [0.15, 0.2) is 21.7 Å². The lowest BCUT2D eigenvalue weighted by Crippen LogP contribution is -2.40. The summed E-state index contributed by atoms with van der Waals surface area (Å²) in [7, 11) is 6.51. The maximum absolute atomic E-state index is 13.4. The number of nitrogens with zero attached hydrogens (tertiary/aromatic N) is 4. The van der Waals surface area contributed by atoms with Gasteiger partial charge in [-0.05, 0) is 36.6 Å². The molecule has 36 heavy (non-hydrogen) atoms. The second-order valence-corrected chi connectivity index (χ2v) is 8.80. The van der Waals surface area contributed by atoms with Gasteiger partial charge < -0.3 is 18.8 Å². The number of hydrogen-bond acceptors (Lipinski definition) is 6. The summed E-state index contributed by atoms with van der Waals surface area (Å²) >= 11 is 0. The Morgan fingerprint density at radius 1 is 0.833 bits per heavy atom. The van der Waals surface area contributed by atoms with Crippen LogP contribution < -0.4 is 25.5 Å². The highest BCUT2D eigenvalue weighted by molar-refractivity contribution is 5.77. The van der Waals surface area contributed by atoms with Gasteiger partial charge in [0.2, 0.25) is 5.75 Å². The maximum atomic E-state index is 13.4. The Morgan fingerprint density at radius 3 is 1.94 bits per heavy atom. The molecule has 0 unspecified atom stereocenters. The van der Waals surface area contributed by atoms with Crippen molar-refractivity contribution >= 4 is 23.3 Å². The minimum atomic E-state index is -0.291. The molecule has 3 aromatic rings. The molecule has 3 rings (SSSR count). The summed E-state index contributed by atoms with van der Waals surface area (Å²) in [6.07, 6.45) is 9.36. The molecule has 0 N–H and O–H groups in total. The molecule has 1 aromatic carbocycles. The van der Waals surface area contributed by atoms with Crippen molar-refractivity contribution in [2.75, 3.05) is 21.3 Å². The van der Waals surface area contributed by atoms with Crippen molar-refractivity contribution in [3.8, 4) is 17.2 Å². The Balaban J connectivity index is 2.12. The quantitative estimate of drug-likeness (QED) is 0.323. The number of methoxy groups -OCH3 is 3. The van der Waals surface area contributed by atoms with Crippen molar-refractivity contribution in [3.63, 3.8) is 0 Å². The standard InChI is InChI=1S/C27H38N4O5/c1-7-9-11-15-30-25-23(26(32)31(27(30)33)16-12-10-8-2)29(3)22(28-25)14-13-19-17-20(34-4)24(36-6)21(18-19)35-5/h13-14,17-18H,7-12,15-16H2,1-6H3/b14-13+. The summed E-state index contributed by atoms with van der Waals surface area (Å²) in [5, 5.41) is 0. The summed E-state index contributed by atoms with van der Waals surface area (Å²) in [5.74, 6) is 2.17. The smallest absolute Gasteiger partial charge is 0.332 e. The average molecular weight is 499 g/mol. The lowest BCUT2D eigenvalue weighted by molar-refractivity contribution is 0.324. The van der Waals surface area contributed by atoms with Crippen LogP contribution in [-0.4, -0.2) is 40.0 Å². The van der Waals surface area contributed by atoms with E-state index < -0.39 is 0 Å². The second-order valence-electron chi connectivity index (χ2n) is 8.80. The third kappa shape index (κ3) is 5.50. The number of benzene rings is 1. The van der Waals surface area contributed by atoms with Gasteiger partial charge in [0, 0.05) is 20.1 Å². The van der Waals surface area contributed by atoms with E-state index in [-0.39, 0.29) is 11.2 Å². The van der Waals surface area contributed by atoms with E-state index in [9.17, 15) is 9.59 Å². The molecule has 0 amide bonds. The molecule has 0 spiro atoms. The van der Waals surface area contributed by atoms with E-state index in [2.05, 4.69) is 13.8 Å². The number of aryl methyl sites for hydroxylation is 2. The SMILES string of the molecule is CCCCCn1c(=O)c2c(nc(/C=C/c3cc(OC)c(OC)c(OC)c3)n2C)n(CCCCC)c1=O. The highest BCUT2D eigenvalue weighted by Gasteiger charge is 2.19. The number of aromatic nitrogens is 4. The minimum Gasteiger partial charge on any atom is -0.493 e. The van der Waals surface area contributed by atoms with Crippen LogP contribution in [0.25, 0.3) is 23.3 Å². The molecule has 0 saturated heterocycles. The van der Waals surface area contributed by atoms with Crippen molar-refractivity contribution in [2.24, 2.45) is 7.05 Å². The van der Waals surface area contributed by atoms with Crippen molar-refractivity contribution in [3.05, 3.63) is 44.4 Å². The largest absolute Gasteiger partial charge is 0.493 e. The minimum absolute atomic E-state index is 0.280. The van der Waals surface area contributed by atoms with Gasteiger partial charge in [0.1, 0.15) is 5.82 Å². The normalized spacial score (nSPS) is 11.5. The predicted octanol–water partition coefficient (Wildman–Crippen LogP) is 4.47. The first-order chi connectivity index (χ1) is 17.4. The van der Waals surface area contributed by atoms with Crippen molar-refractivity contribution in [2.45, 2.75) is 65.5 Å². The molecular weight excluding hydrogens is 460 g/mol. The van der Waals surface area contributed by atoms with Crippen LogP contribution in [0, 0.1) is 0 Å². The van der Waals surface area contributed by atoms with Crippen molar-refractivity contribution in [1.29, 1.82) is 0 Å². The van der Waals surface area contributed by atoms with Gasteiger partial charge in [-0.15, -0.1) is 0 Å². The van der Waals surface area contributed by atoms with E-state index in [0.29, 0.717) is 47.3 Å². The third-order valence-electron chi connectivity index (χ3n) is 6.36. The van der Waals surface area contributed by atoms with Gasteiger partial charge in [-0.3, -0.25) is 13.9 Å². The van der Waals surface area contributed by atoms with E-state index in [1.165, 1.54) is 4.57 Å². The number of imidazole rings is 1. The van der Waals surface area contributed by atoms with Gasteiger partial charge in [-0.25, -0.2) is 9.78 Å². The molecular formula is C27H38N4O5. The summed E-state index contributed by atoms with van der Waals surface area (Å²) in [6.45, 7) is 5.17. The molecule has 0 bridgehead atoms. The molecule has 0 saturated carbocycles. The van der Waals surface area contributed by atoms with Crippen molar-refractivity contribution < 1.29 is 14.2 Å². The fourth-order valence-corrected chi connectivity index (χ4v) is 4.34. The fourth-order valence-electron chi connectivity index (χ4n) is 4.34. The molecule has 9 heteroatoms. The molecule has 2 heterocycles. The van der Waals surface area contributed by atoms with Crippen LogP contribution in [0.5, 0.6) is 17.2 Å². The van der Waals surface area contributed by atoms with Gasteiger partial charge in [0.15, 0.2) is 22.7 Å². The average Bonchev–Trinajstić information content (AvgIpc) is 3.21. The number of ether oxygens (including phenoxy) is 3.